The van der Waals surface area contributed by atoms with Crippen molar-refractivity contribution in [3.63, 3.8) is 0 Å². The number of hydrogen-bond donors (Lipinski definition) is 1. The first-order valence-corrected chi connectivity index (χ1v) is 13.2. The fourth-order valence-corrected chi connectivity index (χ4v) is 5.49. The number of carbonyl (C=O) groups excluding carboxylic acids is 1. The van der Waals surface area contributed by atoms with Gasteiger partial charge >= 0.3 is 0 Å². The van der Waals surface area contributed by atoms with E-state index in [1.807, 2.05) is 41.3 Å². The monoisotopic (exact) mass is 570 g/mol. The molecule has 1 N–H and O–H groups in total. The molecule has 5 aromatic rings. The number of aromatic nitrogens is 1. The van der Waals surface area contributed by atoms with Crippen LogP contribution in [-0.2, 0) is 0 Å². The third-order valence-electron chi connectivity index (χ3n) is 6.88. The van der Waals surface area contributed by atoms with Crippen molar-refractivity contribution >= 4 is 60.8 Å². The molecule has 0 radical (unpaired) electrons. The van der Waals surface area contributed by atoms with E-state index in [4.69, 9.17) is 4.42 Å². The van der Waals surface area contributed by atoms with E-state index in [9.17, 15) is 14.9 Å². The van der Waals surface area contributed by atoms with Crippen LogP contribution >= 0.6 is 15.9 Å². The van der Waals surface area contributed by atoms with Crippen LogP contribution in [0.2, 0.25) is 0 Å². The van der Waals surface area contributed by atoms with Gasteiger partial charge in [-0.2, -0.15) is 0 Å². The van der Waals surface area contributed by atoms with Crippen molar-refractivity contribution in [2.24, 2.45) is 0 Å². The Hall–Kier alpha value is -4.24. The molecule has 1 amide bonds. The Labute approximate surface area is 226 Å². The molecule has 0 saturated carbocycles. The lowest BCUT2D eigenvalue weighted by Crippen LogP contribution is -2.30. The van der Waals surface area contributed by atoms with Crippen LogP contribution in [0.5, 0.6) is 0 Å². The summed E-state index contributed by atoms with van der Waals surface area (Å²) in [4.78, 5) is 31.1. The third-order valence-corrected chi connectivity index (χ3v) is 7.57. The predicted molar refractivity (Wildman–Crippen MR) is 152 cm³/mol. The summed E-state index contributed by atoms with van der Waals surface area (Å²) in [5.41, 5.74) is 3.29. The van der Waals surface area contributed by atoms with Crippen molar-refractivity contribution in [3.8, 4) is 11.5 Å². The summed E-state index contributed by atoms with van der Waals surface area (Å²) in [6, 6.07) is 21.8. The second-order valence-electron chi connectivity index (χ2n) is 9.30. The average molecular weight is 571 g/mol. The van der Waals surface area contributed by atoms with E-state index in [1.54, 1.807) is 30.3 Å². The second-order valence-corrected chi connectivity index (χ2v) is 10.2. The number of nitro groups is 1. The number of hydrogen-bond acceptors (Lipinski definition) is 6. The summed E-state index contributed by atoms with van der Waals surface area (Å²) in [6.07, 6.45) is 3.13. The molecular weight excluding hydrogens is 548 g/mol. The van der Waals surface area contributed by atoms with Crippen molar-refractivity contribution in [3.05, 3.63) is 92.9 Å². The molecule has 0 atom stereocenters. The van der Waals surface area contributed by atoms with Gasteiger partial charge in [0.15, 0.2) is 5.58 Å². The SMILES string of the molecule is O=C(Nc1ccc2oc(-c3cccc4c(Br)cccc34)nc2c1)c1ccc(N2CCCCC2)c([N+](=O)[O-])c1. The lowest BCUT2D eigenvalue weighted by atomic mass is 10.0. The largest absolute Gasteiger partial charge is 0.436 e. The van der Waals surface area contributed by atoms with E-state index in [1.165, 1.54) is 6.07 Å². The normalized spacial score (nSPS) is 13.7. The smallest absolute Gasteiger partial charge is 0.293 e. The standard InChI is InChI=1S/C29H23BrN4O4/c30-23-9-5-6-20-21(23)7-4-8-22(20)29-32-24-17-19(11-13-27(24)38-29)31-28(35)18-10-12-25(26(16-18)34(36)37)33-14-2-1-3-15-33/h4-13,16-17H,1-3,14-15H2,(H,31,35). The van der Waals surface area contributed by atoms with E-state index in [-0.39, 0.29) is 11.3 Å². The molecule has 4 aromatic carbocycles. The van der Waals surface area contributed by atoms with Gasteiger partial charge in [0.1, 0.15) is 11.2 Å². The fraction of sp³-hybridized carbons (Fsp3) is 0.172. The van der Waals surface area contributed by atoms with Gasteiger partial charge < -0.3 is 14.6 Å². The van der Waals surface area contributed by atoms with Crippen LogP contribution in [0, 0.1) is 10.1 Å². The number of anilines is 2. The molecule has 2 heterocycles. The highest BCUT2D eigenvalue weighted by Gasteiger charge is 2.23. The number of fused-ring (bicyclic) bond motifs is 2. The molecule has 38 heavy (non-hydrogen) atoms. The molecule has 1 fully saturated rings. The summed E-state index contributed by atoms with van der Waals surface area (Å²) < 4.78 is 7.03. The lowest BCUT2D eigenvalue weighted by molar-refractivity contribution is -0.384. The number of nitro benzene ring substituents is 1. The van der Waals surface area contributed by atoms with Gasteiger partial charge in [0.25, 0.3) is 11.6 Å². The molecule has 1 saturated heterocycles. The van der Waals surface area contributed by atoms with Crippen molar-refractivity contribution in [1.29, 1.82) is 0 Å². The third kappa shape index (κ3) is 4.50. The van der Waals surface area contributed by atoms with Gasteiger partial charge in [0.05, 0.1) is 4.92 Å². The van der Waals surface area contributed by atoms with E-state index in [0.717, 1.165) is 53.2 Å². The fourth-order valence-electron chi connectivity index (χ4n) is 4.99. The maximum absolute atomic E-state index is 13.0. The molecule has 1 aromatic heterocycles. The number of piperidine rings is 1. The quantitative estimate of drug-likeness (QED) is 0.173. The molecular formula is C29H23BrN4O4. The Bertz CT molecular complexity index is 1710. The van der Waals surface area contributed by atoms with E-state index < -0.39 is 10.8 Å². The van der Waals surface area contributed by atoms with Gasteiger partial charge in [0.2, 0.25) is 5.89 Å². The summed E-state index contributed by atoms with van der Waals surface area (Å²) in [7, 11) is 0. The molecule has 9 heteroatoms. The Kier molecular flexibility index (Phi) is 6.29. The predicted octanol–water partition coefficient (Wildman–Crippen LogP) is 7.56. The number of rotatable bonds is 5. The minimum atomic E-state index is -0.430. The van der Waals surface area contributed by atoms with Crippen LogP contribution in [0.3, 0.4) is 0 Å². The average Bonchev–Trinajstić information content (AvgIpc) is 3.36. The topological polar surface area (TPSA) is 102 Å². The zero-order valence-corrected chi connectivity index (χ0v) is 21.9. The van der Waals surface area contributed by atoms with Crippen molar-refractivity contribution in [2.45, 2.75) is 19.3 Å². The summed E-state index contributed by atoms with van der Waals surface area (Å²) in [5, 5.41) is 16.7. The minimum Gasteiger partial charge on any atom is -0.436 e. The molecule has 0 unspecified atom stereocenters. The maximum atomic E-state index is 13.0. The summed E-state index contributed by atoms with van der Waals surface area (Å²) in [6.45, 7) is 1.56. The highest BCUT2D eigenvalue weighted by Crippen LogP contribution is 2.35. The van der Waals surface area contributed by atoms with Crippen LogP contribution in [0.15, 0.2) is 81.7 Å². The van der Waals surface area contributed by atoms with Gasteiger partial charge in [0, 0.05) is 40.4 Å². The Morgan fingerprint density at radius 1 is 0.974 bits per heavy atom. The number of amides is 1. The second kappa shape index (κ2) is 9.90. The van der Waals surface area contributed by atoms with E-state index in [0.29, 0.717) is 28.4 Å². The maximum Gasteiger partial charge on any atom is 0.293 e. The first kappa shape index (κ1) is 24.1. The number of halogens is 1. The summed E-state index contributed by atoms with van der Waals surface area (Å²) >= 11 is 3.60. The highest BCUT2D eigenvalue weighted by molar-refractivity contribution is 9.10. The van der Waals surface area contributed by atoms with Crippen LogP contribution < -0.4 is 10.2 Å². The van der Waals surface area contributed by atoms with Crippen LogP contribution in [0.4, 0.5) is 17.1 Å². The molecule has 0 bridgehead atoms. The van der Waals surface area contributed by atoms with E-state index in [2.05, 4.69) is 26.2 Å². The lowest BCUT2D eigenvalue weighted by Gasteiger charge is -2.28. The van der Waals surface area contributed by atoms with Crippen LogP contribution in [0.1, 0.15) is 29.6 Å². The number of nitrogens with zero attached hydrogens (tertiary/aromatic N) is 3. The van der Waals surface area contributed by atoms with Gasteiger partial charge in [-0.05, 0) is 72.5 Å². The van der Waals surface area contributed by atoms with E-state index >= 15 is 0 Å². The zero-order valence-electron chi connectivity index (χ0n) is 20.3. The molecule has 0 spiro atoms. The van der Waals surface area contributed by atoms with Gasteiger partial charge in [-0.15, -0.1) is 0 Å². The van der Waals surface area contributed by atoms with Crippen molar-refractivity contribution in [1.82, 2.24) is 4.98 Å². The van der Waals surface area contributed by atoms with Crippen molar-refractivity contribution < 1.29 is 14.1 Å². The molecule has 6 rings (SSSR count). The molecule has 190 valence electrons. The molecule has 1 aliphatic rings. The number of carbonyl (C=O) groups is 1. The molecule has 1 aliphatic heterocycles. The van der Waals surface area contributed by atoms with Crippen molar-refractivity contribution in [2.75, 3.05) is 23.3 Å². The van der Waals surface area contributed by atoms with Gasteiger partial charge in [-0.25, -0.2) is 4.98 Å². The first-order chi connectivity index (χ1) is 18.5. The molecule has 0 aliphatic carbocycles. The Morgan fingerprint density at radius 2 is 1.76 bits per heavy atom. The van der Waals surface area contributed by atoms with Crippen LogP contribution in [-0.4, -0.2) is 28.9 Å². The molecule has 8 nitrogen and oxygen atoms in total. The Morgan fingerprint density at radius 3 is 2.58 bits per heavy atom. The van der Waals surface area contributed by atoms with Crippen LogP contribution in [0.25, 0.3) is 33.3 Å². The Balaban J connectivity index is 1.28. The van der Waals surface area contributed by atoms with Gasteiger partial charge in [-0.1, -0.05) is 40.2 Å². The minimum absolute atomic E-state index is 0.0575. The van der Waals surface area contributed by atoms with Gasteiger partial charge in [-0.3, -0.25) is 14.9 Å². The number of oxazole rings is 1. The number of nitrogens with one attached hydrogen (secondary N) is 1. The first-order valence-electron chi connectivity index (χ1n) is 12.4. The number of benzene rings is 4. The highest BCUT2D eigenvalue weighted by atomic mass is 79.9. The zero-order chi connectivity index (χ0) is 26.2. The summed E-state index contributed by atoms with van der Waals surface area (Å²) in [5.74, 6) is 0.0522.